The Bertz CT molecular complexity index is 428. The van der Waals surface area contributed by atoms with Crippen LogP contribution in [0.1, 0.15) is 17.9 Å². The molecule has 0 aromatic heterocycles. The Kier molecular flexibility index (Phi) is 2.83. The van der Waals surface area contributed by atoms with E-state index in [0.717, 1.165) is 11.3 Å². The molecule has 2 atom stereocenters. The number of methoxy groups -OCH3 is 1. The van der Waals surface area contributed by atoms with E-state index in [1.54, 1.807) is 0 Å². The van der Waals surface area contributed by atoms with Crippen molar-refractivity contribution < 1.29 is 9.53 Å². The molecule has 1 fully saturated rings. The van der Waals surface area contributed by atoms with Gasteiger partial charge in [-0.25, -0.2) is 0 Å². The normalized spacial score (nSPS) is 26.5. The van der Waals surface area contributed by atoms with E-state index in [0.29, 0.717) is 6.42 Å². The predicted molar refractivity (Wildman–Crippen MR) is 67.1 cm³/mol. The summed E-state index contributed by atoms with van der Waals surface area (Å²) in [6.07, 6.45) is 0.668. The number of ether oxygens (including phenoxy) is 1. The van der Waals surface area contributed by atoms with Crippen molar-refractivity contribution in [3.8, 4) is 0 Å². The van der Waals surface area contributed by atoms with Gasteiger partial charge in [0.15, 0.2) is 0 Å². The summed E-state index contributed by atoms with van der Waals surface area (Å²) >= 11 is 0. The molecule has 0 radical (unpaired) electrons. The van der Waals surface area contributed by atoms with Crippen molar-refractivity contribution >= 4 is 11.7 Å². The summed E-state index contributed by atoms with van der Waals surface area (Å²) < 4.78 is 4.72. The lowest BCUT2D eigenvalue weighted by atomic mass is 10.1. The minimum atomic E-state index is -0.811. The zero-order valence-electron chi connectivity index (χ0n) is 10.4. The number of esters is 1. The van der Waals surface area contributed by atoms with Crippen molar-refractivity contribution in [2.45, 2.75) is 17.9 Å². The lowest BCUT2D eigenvalue weighted by molar-refractivity contribution is -0.143. The number of rotatable bonds is 3. The molecule has 0 aliphatic heterocycles. The van der Waals surface area contributed by atoms with Crippen molar-refractivity contribution in [1.29, 1.82) is 0 Å². The van der Waals surface area contributed by atoms with E-state index in [-0.39, 0.29) is 11.9 Å². The van der Waals surface area contributed by atoms with Gasteiger partial charge in [0.2, 0.25) is 0 Å². The van der Waals surface area contributed by atoms with Crippen LogP contribution in [0, 0.1) is 0 Å². The zero-order chi connectivity index (χ0) is 12.6. The average molecular weight is 234 g/mol. The van der Waals surface area contributed by atoms with Crippen LogP contribution in [0.4, 0.5) is 5.69 Å². The lowest BCUT2D eigenvalue weighted by Crippen LogP contribution is -2.35. The van der Waals surface area contributed by atoms with Crippen molar-refractivity contribution in [3.63, 3.8) is 0 Å². The summed E-state index contributed by atoms with van der Waals surface area (Å²) in [4.78, 5) is 13.5. The molecule has 1 aromatic carbocycles. The van der Waals surface area contributed by atoms with Crippen molar-refractivity contribution in [1.82, 2.24) is 0 Å². The summed E-state index contributed by atoms with van der Waals surface area (Å²) in [5.74, 6) is -0.231. The van der Waals surface area contributed by atoms with E-state index < -0.39 is 5.54 Å². The number of anilines is 1. The van der Waals surface area contributed by atoms with E-state index >= 15 is 0 Å². The van der Waals surface area contributed by atoms with Crippen molar-refractivity contribution in [3.05, 3.63) is 29.8 Å². The van der Waals surface area contributed by atoms with Crippen LogP contribution in [0.2, 0.25) is 0 Å². The van der Waals surface area contributed by atoms with E-state index in [1.165, 1.54) is 7.11 Å². The summed E-state index contributed by atoms with van der Waals surface area (Å²) in [6.45, 7) is 0. The molecule has 0 bridgehead atoms. The topological polar surface area (TPSA) is 55.6 Å². The van der Waals surface area contributed by atoms with Gasteiger partial charge in [-0.05, 0) is 24.1 Å². The van der Waals surface area contributed by atoms with Crippen LogP contribution in [-0.2, 0) is 9.53 Å². The Morgan fingerprint density at radius 2 is 2.00 bits per heavy atom. The molecule has 4 nitrogen and oxygen atoms in total. The van der Waals surface area contributed by atoms with Gasteiger partial charge in [-0.2, -0.15) is 0 Å². The maximum Gasteiger partial charge on any atom is 0.326 e. The fourth-order valence-electron chi connectivity index (χ4n) is 2.11. The molecule has 2 N–H and O–H groups in total. The van der Waals surface area contributed by atoms with Crippen molar-refractivity contribution in [2.24, 2.45) is 5.73 Å². The SMILES string of the molecule is COC(=O)C1(N)CC1c1ccc(N(C)C)cc1. The standard InChI is InChI=1S/C13H18N2O2/c1-15(2)10-6-4-9(5-7-10)11-8-13(11,14)12(16)17-3/h4-7,11H,8,14H2,1-3H3. The number of hydrogen-bond acceptors (Lipinski definition) is 4. The number of nitrogens with two attached hydrogens (primary N) is 1. The molecule has 92 valence electrons. The van der Waals surface area contributed by atoms with Gasteiger partial charge in [0, 0.05) is 25.7 Å². The van der Waals surface area contributed by atoms with Gasteiger partial charge in [-0.3, -0.25) is 4.79 Å². The van der Waals surface area contributed by atoms with E-state index in [1.807, 2.05) is 43.3 Å². The maximum atomic E-state index is 11.5. The summed E-state index contributed by atoms with van der Waals surface area (Å²) in [7, 11) is 5.36. The van der Waals surface area contributed by atoms with Crippen LogP contribution in [-0.4, -0.2) is 32.7 Å². The molecule has 0 spiro atoms. The first-order valence-electron chi connectivity index (χ1n) is 5.63. The molecule has 1 saturated carbocycles. The maximum absolute atomic E-state index is 11.5. The molecule has 2 rings (SSSR count). The van der Waals surface area contributed by atoms with Gasteiger partial charge < -0.3 is 15.4 Å². The van der Waals surface area contributed by atoms with E-state index in [2.05, 4.69) is 0 Å². The molecule has 0 saturated heterocycles. The first-order valence-corrected chi connectivity index (χ1v) is 5.63. The van der Waals surface area contributed by atoms with Crippen LogP contribution in [0.5, 0.6) is 0 Å². The van der Waals surface area contributed by atoms with Gasteiger partial charge in [0.05, 0.1) is 7.11 Å². The number of benzene rings is 1. The summed E-state index contributed by atoms with van der Waals surface area (Å²) in [6, 6.07) is 8.12. The fraction of sp³-hybridized carbons (Fsp3) is 0.462. The van der Waals surface area contributed by atoms with Crippen LogP contribution in [0.15, 0.2) is 24.3 Å². The number of carbonyl (C=O) groups excluding carboxylic acids is 1. The molecule has 1 aromatic rings. The monoisotopic (exact) mass is 234 g/mol. The van der Waals surface area contributed by atoms with Gasteiger partial charge >= 0.3 is 5.97 Å². The zero-order valence-corrected chi connectivity index (χ0v) is 10.4. The smallest absolute Gasteiger partial charge is 0.326 e. The average Bonchev–Trinajstić information content (AvgIpc) is 3.02. The molecule has 17 heavy (non-hydrogen) atoms. The highest BCUT2D eigenvalue weighted by Crippen LogP contribution is 2.50. The Morgan fingerprint density at radius 1 is 1.41 bits per heavy atom. The second-order valence-electron chi connectivity index (χ2n) is 4.77. The van der Waals surface area contributed by atoms with Crippen LogP contribution < -0.4 is 10.6 Å². The first-order chi connectivity index (χ1) is 7.99. The second-order valence-corrected chi connectivity index (χ2v) is 4.77. The molecular weight excluding hydrogens is 216 g/mol. The third-order valence-corrected chi connectivity index (χ3v) is 3.38. The van der Waals surface area contributed by atoms with Gasteiger partial charge in [-0.1, -0.05) is 12.1 Å². The highest BCUT2D eigenvalue weighted by Gasteiger charge is 2.58. The molecule has 0 heterocycles. The number of nitrogens with zero attached hydrogens (tertiary/aromatic N) is 1. The highest BCUT2D eigenvalue weighted by molar-refractivity contribution is 5.86. The molecule has 2 unspecified atom stereocenters. The van der Waals surface area contributed by atoms with E-state index in [4.69, 9.17) is 10.5 Å². The van der Waals surface area contributed by atoms with Gasteiger partial charge in [-0.15, -0.1) is 0 Å². The van der Waals surface area contributed by atoms with E-state index in [9.17, 15) is 4.79 Å². The van der Waals surface area contributed by atoms with Gasteiger partial charge in [0.25, 0.3) is 0 Å². The predicted octanol–water partition coefficient (Wildman–Crippen LogP) is 1.11. The molecule has 4 heteroatoms. The quantitative estimate of drug-likeness (QED) is 0.796. The first kappa shape index (κ1) is 11.9. The third kappa shape index (κ3) is 2.00. The Hall–Kier alpha value is -1.55. The number of carbonyl (C=O) groups is 1. The molecule has 1 aliphatic carbocycles. The van der Waals surface area contributed by atoms with Gasteiger partial charge in [0.1, 0.15) is 5.54 Å². The summed E-state index contributed by atoms with van der Waals surface area (Å²) in [5, 5.41) is 0. The fourth-order valence-corrected chi connectivity index (χ4v) is 2.11. The Labute approximate surface area is 101 Å². The Balaban J connectivity index is 2.14. The lowest BCUT2D eigenvalue weighted by Gasteiger charge is -2.13. The highest BCUT2D eigenvalue weighted by atomic mass is 16.5. The van der Waals surface area contributed by atoms with Crippen LogP contribution in [0.25, 0.3) is 0 Å². The van der Waals surface area contributed by atoms with Crippen LogP contribution in [0.3, 0.4) is 0 Å². The molecular formula is C13H18N2O2. The summed E-state index contributed by atoms with van der Waals surface area (Å²) in [5.41, 5.74) is 7.41. The third-order valence-electron chi connectivity index (χ3n) is 3.38. The molecule has 0 amide bonds. The number of hydrogen-bond donors (Lipinski definition) is 1. The van der Waals surface area contributed by atoms with Crippen LogP contribution >= 0.6 is 0 Å². The minimum absolute atomic E-state index is 0.0890. The minimum Gasteiger partial charge on any atom is -0.468 e. The Morgan fingerprint density at radius 3 is 2.47 bits per heavy atom. The van der Waals surface area contributed by atoms with Crippen molar-refractivity contribution in [2.75, 3.05) is 26.1 Å². The second kappa shape index (κ2) is 4.04. The largest absolute Gasteiger partial charge is 0.468 e. The molecule has 1 aliphatic rings.